The summed E-state index contributed by atoms with van der Waals surface area (Å²) in [5, 5.41) is 5.57. The highest BCUT2D eigenvalue weighted by molar-refractivity contribution is 5.92. The fraction of sp³-hybridized carbons (Fsp3) is 0.500. The lowest BCUT2D eigenvalue weighted by Crippen LogP contribution is -2.37. The van der Waals surface area contributed by atoms with E-state index in [9.17, 15) is 0 Å². The molecule has 6 heterocycles. The number of pyridine rings is 2. The maximum atomic E-state index is 5.60. The van der Waals surface area contributed by atoms with Gasteiger partial charge in [0.15, 0.2) is 11.4 Å². The zero-order valence-corrected chi connectivity index (χ0v) is 20.1. The molecule has 0 atom stereocenters. The molecule has 8 heteroatoms. The normalized spacial score (nSPS) is 17.7. The third-order valence-corrected chi connectivity index (χ3v) is 7.45. The second kappa shape index (κ2) is 8.58. The molecule has 2 aliphatic rings. The summed E-state index contributed by atoms with van der Waals surface area (Å²) in [4.78, 5) is 15.2. The molecule has 0 aliphatic carbocycles. The number of rotatable bonds is 6. The van der Waals surface area contributed by atoms with Crippen molar-refractivity contribution >= 4 is 22.4 Å². The number of fused-ring (bicyclic) bond motifs is 2. The molecular weight excluding hydrogens is 428 g/mol. The van der Waals surface area contributed by atoms with E-state index in [0.717, 1.165) is 60.7 Å². The third-order valence-electron chi connectivity index (χ3n) is 7.45. The first kappa shape index (κ1) is 21.4. The highest BCUT2D eigenvalue weighted by Gasteiger charge is 2.27. The molecule has 0 aromatic carbocycles. The second-order valence-corrected chi connectivity index (χ2v) is 10.1. The second-order valence-electron chi connectivity index (χ2n) is 10.1. The zero-order chi connectivity index (χ0) is 23.2. The number of aromatic amines is 1. The number of ether oxygens (including phenoxy) is 2. The van der Waals surface area contributed by atoms with Crippen molar-refractivity contribution in [1.29, 1.82) is 0 Å². The molecule has 178 valence electrons. The minimum atomic E-state index is 0.340. The van der Waals surface area contributed by atoms with Crippen LogP contribution < -0.4 is 9.64 Å². The van der Waals surface area contributed by atoms with E-state index in [1.165, 1.54) is 30.2 Å². The Morgan fingerprint density at radius 1 is 1.15 bits per heavy atom. The van der Waals surface area contributed by atoms with Gasteiger partial charge in [-0.15, -0.1) is 0 Å². The lowest BCUT2D eigenvalue weighted by Gasteiger charge is -2.36. The predicted molar refractivity (Wildman–Crippen MR) is 133 cm³/mol. The minimum Gasteiger partial charge on any atom is -0.493 e. The summed E-state index contributed by atoms with van der Waals surface area (Å²) in [6.07, 6.45) is 9.34. The van der Waals surface area contributed by atoms with E-state index < -0.39 is 0 Å². The molecule has 0 unspecified atom stereocenters. The van der Waals surface area contributed by atoms with Crippen LogP contribution in [0.15, 0.2) is 30.9 Å². The van der Waals surface area contributed by atoms with Gasteiger partial charge in [0, 0.05) is 36.2 Å². The van der Waals surface area contributed by atoms with E-state index in [1.807, 2.05) is 18.5 Å². The van der Waals surface area contributed by atoms with Crippen LogP contribution in [0.25, 0.3) is 27.8 Å². The summed E-state index contributed by atoms with van der Waals surface area (Å²) in [5.74, 6) is 3.73. The fourth-order valence-electron chi connectivity index (χ4n) is 5.58. The van der Waals surface area contributed by atoms with Crippen molar-refractivity contribution in [2.45, 2.75) is 39.0 Å². The molecule has 0 amide bonds. The van der Waals surface area contributed by atoms with Gasteiger partial charge in [-0.25, -0.2) is 14.5 Å². The molecular formula is C26H32N6O2. The van der Waals surface area contributed by atoms with Crippen LogP contribution in [0.3, 0.4) is 0 Å². The van der Waals surface area contributed by atoms with Gasteiger partial charge in [-0.3, -0.25) is 0 Å². The smallest absolute Gasteiger partial charge is 0.197 e. The van der Waals surface area contributed by atoms with Crippen molar-refractivity contribution in [3.8, 4) is 17.0 Å². The number of anilines is 1. The summed E-state index contributed by atoms with van der Waals surface area (Å²) in [5.41, 5.74) is 5.17. The molecule has 34 heavy (non-hydrogen) atoms. The van der Waals surface area contributed by atoms with Crippen molar-refractivity contribution in [2.24, 2.45) is 11.8 Å². The number of hydrogen-bond donors (Lipinski definition) is 1. The first-order valence-electron chi connectivity index (χ1n) is 12.3. The number of methoxy groups -OCH3 is 1. The van der Waals surface area contributed by atoms with Crippen molar-refractivity contribution < 1.29 is 9.47 Å². The van der Waals surface area contributed by atoms with Gasteiger partial charge in [0.25, 0.3) is 0 Å². The maximum absolute atomic E-state index is 5.60. The van der Waals surface area contributed by atoms with Crippen LogP contribution in [-0.2, 0) is 4.74 Å². The average molecular weight is 461 g/mol. The van der Waals surface area contributed by atoms with Crippen LogP contribution in [0.1, 0.15) is 44.6 Å². The zero-order valence-electron chi connectivity index (χ0n) is 20.1. The summed E-state index contributed by atoms with van der Waals surface area (Å²) in [6.45, 7) is 8.56. The minimum absolute atomic E-state index is 0.340. The molecule has 0 bridgehead atoms. The number of H-pyrrole nitrogens is 1. The van der Waals surface area contributed by atoms with Crippen LogP contribution in [-0.4, -0.2) is 58.0 Å². The van der Waals surface area contributed by atoms with E-state index in [2.05, 4.69) is 39.9 Å². The van der Waals surface area contributed by atoms with Crippen LogP contribution in [0, 0.1) is 11.8 Å². The number of nitrogens with zero attached hydrogens (tertiary/aromatic N) is 5. The molecule has 0 spiro atoms. The Morgan fingerprint density at radius 2 is 1.97 bits per heavy atom. The van der Waals surface area contributed by atoms with Crippen LogP contribution >= 0.6 is 0 Å². The van der Waals surface area contributed by atoms with E-state index in [1.54, 1.807) is 18.0 Å². The first-order chi connectivity index (χ1) is 16.6. The topological polar surface area (TPSA) is 80.6 Å². The van der Waals surface area contributed by atoms with Crippen molar-refractivity contribution in [3.63, 3.8) is 0 Å². The monoisotopic (exact) mass is 460 g/mol. The summed E-state index contributed by atoms with van der Waals surface area (Å²) in [7, 11) is 1.67. The molecule has 2 saturated heterocycles. The van der Waals surface area contributed by atoms with Crippen molar-refractivity contribution in [1.82, 2.24) is 24.6 Å². The van der Waals surface area contributed by atoms with Crippen LogP contribution in [0.2, 0.25) is 0 Å². The summed E-state index contributed by atoms with van der Waals surface area (Å²) < 4.78 is 12.7. The predicted octanol–water partition coefficient (Wildman–Crippen LogP) is 4.66. The van der Waals surface area contributed by atoms with Gasteiger partial charge in [-0.1, -0.05) is 13.8 Å². The molecule has 4 aromatic rings. The molecule has 2 aliphatic heterocycles. The summed E-state index contributed by atoms with van der Waals surface area (Å²) in [6, 6.07) is 4.31. The molecule has 6 rings (SSSR count). The van der Waals surface area contributed by atoms with E-state index in [-0.39, 0.29) is 0 Å². The summed E-state index contributed by atoms with van der Waals surface area (Å²) >= 11 is 0. The van der Waals surface area contributed by atoms with E-state index in [0.29, 0.717) is 17.3 Å². The van der Waals surface area contributed by atoms with Gasteiger partial charge in [0.05, 0.1) is 37.7 Å². The van der Waals surface area contributed by atoms with Gasteiger partial charge in [-0.2, -0.15) is 5.10 Å². The third kappa shape index (κ3) is 3.70. The maximum Gasteiger partial charge on any atom is 0.197 e. The molecule has 0 radical (unpaired) electrons. The fourth-order valence-corrected chi connectivity index (χ4v) is 5.58. The van der Waals surface area contributed by atoms with E-state index >= 15 is 0 Å². The average Bonchev–Trinajstić information content (AvgIpc) is 3.45. The lowest BCUT2D eigenvalue weighted by atomic mass is 9.86. The number of nitrogens with one attached hydrogen (secondary N) is 1. The Hall–Kier alpha value is -3.13. The SMILES string of the molecule is COc1cc(-c2[nH]c3cnc(N4CCC(CC5COC5)CC4)cc3c2C(C)C)cn2ncnc12. The Bertz CT molecular complexity index is 1310. The Morgan fingerprint density at radius 3 is 2.68 bits per heavy atom. The van der Waals surface area contributed by atoms with Gasteiger partial charge >= 0.3 is 0 Å². The highest BCUT2D eigenvalue weighted by atomic mass is 16.5. The largest absolute Gasteiger partial charge is 0.493 e. The molecule has 1 N–H and O–H groups in total. The molecule has 0 saturated carbocycles. The van der Waals surface area contributed by atoms with Gasteiger partial charge in [0.1, 0.15) is 12.1 Å². The van der Waals surface area contributed by atoms with E-state index in [4.69, 9.17) is 14.5 Å². The standard InChI is InChI=1S/C26H32N6O2/c1-16(2)24-20-10-23(31-6-4-17(5-7-31)8-18-13-34-14-18)27-11-21(20)30-25(24)19-9-22(33-3)26-28-15-29-32(26)12-19/h9-12,15-18,30H,4-8,13-14H2,1-3H3. The highest BCUT2D eigenvalue weighted by Crippen LogP contribution is 2.38. The van der Waals surface area contributed by atoms with Crippen LogP contribution in [0.5, 0.6) is 5.75 Å². The Labute approximate surface area is 199 Å². The Balaban J connectivity index is 1.33. The quantitative estimate of drug-likeness (QED) is 0.451. The van der Waals surface area contributed by atoms with Gasteiger partial charge < -0.3 is 19.4 Å². The molecule has 8 nitrogen and oxygen atoms in total. The van der Waals surface area contributed by atoms with Crippen molar-refractivity contribution in [2.75, 3.05) is 38.3 Å². The van der Waals surface area contributed by atoms with Crippen molar-refractivity contribution in [3.05, 3.63) is 36.4 Å². The number of aromatic nitrogens is 5. The van der Waals surface area contributed by atoms with Gasteiger partial charge in [-0.05, 0) is 48.8 Å². The van der Waals surface area contributed by atoms with Crippen LogP contribution in [0.4, 0.5) is 5.82 Å². The van der Waals surface area contributed by atoms with Gasteiger partial charge in [0.2, 0.25) is 0 Å². The molecule has 2 fully saturated rings. The first-order valence-corrected chi connectivity index (χ1v) is 12.3. The lowest BCUT2D eigenvalue weighted by molar-refractivity contribution is -0.0438. The molecule has 4 aromatic heterocycles. The Kier molecular flexibility index (Phi) is 5.40. The number of piperidine rings is 1. The number of hydrogen-bond acceptors (Lipinski definition) is 6.